The number of morpholine rings is 1. The third-order valence-electron chi connectivity index (χ3n) is 6.15. The average Bonchev–Trinajstić information content (AvgIpc) is 3.50. The van der Waals surface area contributed by atoms with Crippen LogP contribution < -0.4 is 15.1 Å². The van der Waals surface area contributed by atoms with Gasteiger partial charge in [0.25, 0.3) is 0 Å². The molecule has 0 aliphatic carbocycles. The summed E-state index contributed by atoms with van der Waals surface area (Å²) in [6.45, 7) is 7.81. The summed E-state index contributed by atoms with van der Waals surface area (Å²) in [6.07, 6.45) is 2.77. The van der Waals surface area contributed by atoms with Gasteiger partial charge in [0.1, 0.15) is 11.6 Å². The van der Waals surface area contributed by atoms with Crippen molar-refractivity contribution in [3.8, 4) is 0 Å². The highest BCUT2D eigenvalue weighted by Crippen LogP contribution is 2.33. The van der Waals surface area contributed by atoms with E-state index in [1.807, 2.05) is 15.8 Å². The monoisotopic (exact) mass is 470 g/mol. The minimum atomic E-state index is -0.615. The second-order valence-corrected chi connectivity index (χ2v) is 8.58. The summed E-state index contributed by atoms with van der Waals surface area (Å²) in [6, 6.07) is 4.70. The first-order valence-electron chi connectivity index (χ1n) is 11.3. The quantitative estimate of drug-likeness (QED) is 0.689. The summed E-state index contributed by atoms with van der Waals surface area (Å²) in [5.41, 5.74) is 2.91. The number of hydrogen-bond acceptors (Lipinski definition) is 7. The summed E-state index contributed by atoms with van der Waals surface area (Å²) in [5, 5.41) is 7.17. The molecule has 2 amide bonds. The molecule has 180 valence electrons. The molecule has 10 nitrogen and oxygen atoms in total. The molecule has 0 radical (unpaired) electrons. The molecule has 0 spiro atoms. The maximum atomic E-state index is 15.0. The fourth-order valence-corrected chi connectivity index (χ4v) is 4.36. The predicted molar refractivity (Wildman–Crippen MR) is 121 cm³/mol. The molecule has 0 bridgehead atoms. The second kappa shape index (κ2) is 9.43. The van der Waals surface area contributed by atoms with Crippen molar-refractivity contribution in [2.45, 2.75) is 26.6 Å². The Hall–Kier alpha value is -3.44. The van der Waals surface area contributed by atoms with Crippen molar-refractivity contribution in [1.29, 1.82) is 0 Å². The topological polar surface area (TPSA) is 92.2 Å². The van der Waals surface area contributed by atoms with Gasteiger partial charge in [-0.2, -0.15) is 5.10 Å². The molecule has 2 aromatic rings. The molecule has 2 saturated heterocycles. The Labute approximate surface area is 196 Å². The van der Waals surface area contributed by atoms with Gasteiger partial charge in [0.2, 0.25) is 5.91 Å². The van der Waals surface area contributed by atoms with Gasteiger partial charge in [-0.05, 0) is 18.2 Å². The molecule has 0 atom stereocenters. The van der Waals surface area contributed by atoms with Gasteiger partial charge < -0.3 is 19.7 Å². The van der Waals surface area contributed by atoms with Crippen molar-refractivity contribution >= 4 is 23.4 Å². The fourth-order valence-electron chi connectivity index (χ4n) is 4.36. The number of amides is 2. The molecule has 3 aliphatic heterocycles. The predicted octanol–water partition coefficient (Wildman–Crippen LogP) is 1.81. The van der Waals surface area contributed by atoms with Gasteiger partial charge in [0, 0.05) is 51.1 Å². The lowest BCUT2D eigenvalue weighted by Gasteiger charge is -2.26. The number of anilines is 2. The van der Waals surface area contributed by atoms with Crippen molar-refractivity contribution in [1.82, 2.24) is 20.0 Å². The lowest BCUT2D eigenvalue weighted by molar-refractivity contribution is -0.118. The number of halogens is 1. The largest absolute Gasteiger partial charge is 0.419 e. The van der Waals surface area contributed by atoms with E-state index in [-0.39, 0.29) is 12.5 Å². The van der Waals surface area contributed by atoms with E-state index in [2.05, 4.69) is 10.2 Å². The molecular weight excluding hydrogens is 443 g/mol. The van der Waals surface area contributed by atoms with E-state index in [0.29, 0.717) is 30.2 Å². The standard InChI is InChI=1S/C23H27FN6O4/c1-16(31)25-11-19-14-30(23(32)34-19)18-2-3-22(20(24)10-18)28-12-17-13-29(26-21(17)15-28)5-4-27-6-8-33-9-7-27/h2-3,10-11,13H,4-9,12,14-15H2,1H3,(H,25,31)/b19-11-. The van der Waals surface area contributed by atoms with Crippen LogP contribution in [0.4, 0.5) is 20.6 Å². The maximum absolute atomic E-state index is 15.0. The summed E-state index contributed by atoms with van der Waals surface area (Å²) < 4.78 is 27.5. The number of benzene rings is 1. The Morgan fingerprint density at radius 3 is 2.76 bits per heavy atom. The van der Waals surface area contributed by atoms with E-state index < -0.39 is 11.9 Å². The van der Waals surface area contributed by atoms with Crippen LogP contribution >= 0.6 is 0 Å². The fraction of sp³-hybridized carbons (Fsp3) is 0.435. The average molecular weight is 471 g/mol. The van der Waals surface area contributed by atoms with Crippen LogP contribution in [0.15, 0.2) is 36.4 Å². The molecule has 1 aromatic carbocycles. The number of carbonyl (C=O) groups excluding carboxylic acids is 2. The number of hydrogen-bond donors (Lipinski definition) is 1. The summed E-state index contributed by atoms with van der Waals surface area (Å²) in [4.78, 5) is 28.8. The van der Waals surface area contributed by atoms with Crippen molar-refractivity contribution < 1.29 is 23.5 Å². The molecule has 4 heterocycles. The number of rotatable bonds is 6. The normalized spacial score (nSPS) is 19.6. The first-order valence-corrected chi connectivity index (χ1v) is 11.3. The zero-order chi connectivity index (χ0) is 23.7. The smallest absolute Gasteiger partial charge is 0.411 e. The maximum Gasteiger partial charge on any atom is 0.419 e. The number of carbonyl (C=O) groups is 2. The van der Waals surface area contributed by atoms with E-state index in [9.17, 15) is 9.59 Å². The van der Waals surface area contributed by atoms with Crippen molar-refractivity contribution in [3.05, 3.63) is 53.4 Å². The molecule has 0 unspecified atom stereocenters. The molecule has 1 aromatic heterocycles. The molecule has 0 saturated carbocycles. The molecule has 3 aliphatic rings. The second-order valence-electron chi connectivity index (χ2n) is 8.58. The Bertz CT molecular complexity index is 1100. The Morgan fingerprint density at radius 1 is 1.21 bits per heavy atom. The molecule has 11 heteroatoms. The molecule has 2 fully saturated rings. The van der Waals surface area contributed by atoms with Crippen LogP contribution in [0.25, 0.3) is 0 Å². The summed E-state index contributed by atoms with van der Waals surface area (Å²) in [5.74, 6) is -0.400. The third-order valence-corrected chi connectivity index (χ3v) is 6.15. The minimum Gasteiger partial charge on any atom is -0.411 e. The summed E-state index contributed by atoms with van der Waals surface area (Å²) in [7, 11) is 0. The number of nitrogens with one attached hydrogen (secondary N) is 1. The number of cyclic esters (lactones) is 1. The van der Waals surface area contributed by atoms with Crippen molar-refractivity contribution in [2.75, 3.05) is 49.2 Å². The van der Waals surface area contributed by atoms with Gasteiger partial charge in [-0.1, -0.05) is 0 Å². The van der Waals surface area contributed by atoms with Gasteiger partial charge in [-0.3, -0.25) is 19.3 Å². The first kappa shape index (κ1) is 22.4. The highest BCUT2D eigenvalue weighted by molar-refractivity contribution is 5.91. The van der Waals surface area contributed by atoms with Gasteiger partial charge in [-0.25, -0.2) is 9.18 Å². The third kappa shape index (κ3) is 4.75. The van der Waals surface area contributed by atoms with E-state index in [1.54, 1.807) is 12.1 Å². The SMILES string of the molecule is CC(=O)N/C=C1/CN(c2ccc(N3Cc4cn(CCN5CCOCC5)nc4C3)c(F)c2)C(=O)O1. The molecule has 5 rings (SSSR count). The Kier molecular flexibility index (Phi) is 6.20. The molecule has 34 heavy (non-hydrogen) atoms. The highest BCUT2D eigenvalue weighted by Gasteiger charge is 2.30. The lowest BCUT2D eigenvalue weighted by atomic mass is 10.2. The highest BCUT2D eigenvalue weighted by atomic mass is 19.1. The van der Waals surface area contributed by atoms with E-state index in [0.717, 1.165) is 50.7 Å². The number of fused-ring (bicyclic) bond motifs is 1. The van der Waals surface area contributed by atoms with Crippen LogP contribution in [0.3, 0.4) is 0 Å². The van der Waals surface area contributed by atoms with E-state index >= 15 is 4.39 Å². The summed E-state index contributed by atoms with van der Waals surface area (Å²) >= 11 is 0. The Balaban J connectivity index is 1.21. The van der Waals surface area contributed by atoms with Crippen LogP contribution in [0.1, 0.15) is 18.2 Å². The van der Waals surface area contributed by atoms with Crippen LogP contribution in [0, 0.1) is 5.82 Å². The molecular formula is C23H27FN6O4. The van der Waals surface area contributed by atoms with Gasteiger partial charge in [0.05, 0.1) is 49.9 Å². The van der Waals surface area contributed by atoms with Crippen LogP contribution in [-0.4, -0.2) is 66.1 Å². The van der Waals surface area contributed by atoms with E-state index in [4.69, 9.17) is 14.6 Å². The number of nitrogens with zero attached hydrogens (tertiary/aromatic N) is 5. The number of aromatic nitrogens is 2. The van der Waals surface area contributed by atoms with Crippen molar-refractivity contribution in [3.63, 3.8) is 0 Å². The Morgan fingerprint density at radius 2 is 2.03 bits per heavy atom. The van der Waals surface area contributed by atoms with Gasteiger partial charge in [-0.15, -0.1) is 0 Å². The van der Waals surface area contributed by atoms with Crippen LogP contribution in [0.2, 0.25) is 0 Å². The number of ether oxygens (including phenoxy) is 2. The first-order chi connectivity index (χ1) is 16.5. The van der Waals surface area contributed by atoms with Gasteiger partial charge >= 0.3 is 6.09 Å². The van der Waals surface area contributed by atoms with E-state index in [1.165, 1.54) is 24.1 Å². The van der Waals surface area contributed by atoms with Crippen LogP contribution in [0.5, 0.6) is 0 Å². The van der Waals surface area contributed by atoms with Gasteiger partial charge in [0.15, 0.2) is 0 Å². The van der Waals surface area contributed by atoms with Crippen molar-refractivity contribution in [2.24, 2.45) is 0 Å². The zero-order valence-corrected chi connectivity index (χ0v) is 19.0. The van der Waals surface area contributed by atoms with Crippen LogP contribution in [-0.2, 0) is 33.9 Å². The molecule has 1 N–H and O–H groups in total. The zero-order valence-electron chi connectivity index (χ0n) is 19.0. The minimum absolute atomic E-state index is 0.117. The lowest BCUT2D eigenvalue weighted by Crippen LogP contribution is -2.38.